The number of carbonyl (C=O) groups is 1. The van der Waals surface area contributed by atoms with Gasteiger partial charge in [-0.25, -0.2) is 8.78 Å². The minimum atomic E-state index is -3.47. The van der Waals surface area contributed by atoms with Crippen LogP contribution in [-0.4, -0.2) is 11.1 Å². The zero-order chi connectivity index (χ0) is 15.0. The van der Waals surface area contributed by atoms with E-state index in [-0.39, 0.29) is 15.1 Å². The topological polar surface area (TPSA) is 37.3 Å². The van der Waals surface area contributed by atoms with Gasteiger partial charge < -0.3 is 5.11 Å². The van der Waals surface area contributed by atoms with Crippen molar-refractivity contribution in [3.05, 3.63) is 32.8 Å². The number of rotatable bonds is 4. The van der Waals surface area contributed by atoms with Crippen LogP contribution in [0.5, 0.6) is 0 Å². The molecule has 0 saturated heterocycles. The molecule has 0 heterocycles. The minimum Gasteiger partial charge on any atom is -0.481 e. The first-order valence-corrected chi connectivity index (χ1v) is 6.37. The van der Waals surface area contributed by atoms with E-state index in [0.717, 1.165) is 12.1 Å². The third kappa shape index (κ3) is 3.71. The summed E-state index contributed by atoms with van der Waals surface area (Å²) in [7, 11) is 0. The highest BCUT2D eigenvalue weighted by Gasteiger charge is 2.44. The number of hydrogen-bond donors (Lipinski definition) is 1. The van der Waals surface area contributed by atoms with E-state index in [9.17, 15) is 13.6 Å². The van der Waals surface area contributed by atoms with Crippen molar-refractivity contribution in [2.24, 2.45) is 5.41 Å². The molecule has 19 heavy (non-hydrogen) atoms. The average Bonchev–Trinajstić information content (AvgIpc) is 2.12. The second-order valence-corrected chi connectivity index (χ2v) is 6.07. The van der Waals surface area contributed by atoms with Crippen LogP contribution in [0, 0.1) is 5.41 Å². The molecule has 0 aliphatic carbocycles. The van der Waals surface area contributed by atoms with Gasteiger partial charge in [0.2, 0.25) is 0 Å². The monoisotopic (exact) mass is 330 g/mol. The van der Waals surface area contributed by atoms with Crippen molar-refractivity contribution in [3.63, 3.8) is 0 Å². The fourth-order valence-electron chi connectivity index (χ4n) is 1.61. The Kier molecular flexibility index (Phi) is 4.71. The number of aliphatic carboxylic acids is 1. The van der Waals surface area contributed by atoms with Gasteiger partial charge in [-0.2, -0.15) is 0 Å². The summed E-state index contributed by atoms with van der Waals surface area (Å²) in [6.07, 6.45) is -0.920. The van der Waals surface area contributed by atoms with Crippen molar-refractivity contribution < 1.29 is 18.7 Å². The van der Waals surface area contributed by atoms with E-state index < -0.39 is 29.3 Å². The summed E-state index contributed by atoms with van der Waals surface area (Å²) in [6, 6.07) is 2.29. The largest absolute Gasteiger partial charge is 0.481 e. The second kappa shape index (κ2) is 5.43. The first-order chi connectivity index (χ1) is 8.47. The Balaban J connectivity index is 3.25. The normalized spacial score (nSPS) is 12.6. The number of hydrogen-bond acceptors (Lipinski definition) is 1. The van der Waals surface area contributed by atoms with Gasteiger partial charge in [0.15, 0.2) is 0 Å². The molecule has 0 radical (unpaired) electrons. The van der Waals surface area contributed by atoms with Crippen LogP contribution in [0.4, 0.5) is 8.78 Å². The number of carboxylic acid groups (broad SMARTS) is 1. The molecule has 7 heteroatoms. The van der Waals surface area contributed by atoms with Gasteiger partial charge in [-0.05, 0) is 26.0 Å². The van der Waals surface area contributed by atoms with Gasteiger partial charge in [-0.15, -0.1) is 0 Å². The Bertz CT molecular complexity index is 493. The third-order valence-corrected chi connectivity index (χ3v) is 3.43. The molecule has 106 valence electrons. The van der Waals surface area contributed by atoms with Crippen LogP contribution < -0.4 is 0 Å². The highest BCUT2D eigenvalue weighted by molar-refractivity contribution is 6.39. The minimum absolute atomic E-state index is 0.132. The van der Waals surface area contributed by atoms with Crippen LogP contribution in [0.15, 0.2) is 12.1 Å². The van der Waals surface area contributed by atoms with Gasteiger partial charge in [0.25, 0.3) is 5.92 Å². The Hall–Kier alpha value is -0.580. The lowest BCUT2D eigenvalue weighted by atomic mass is 9.84. The fraction of sp³-hybridized carbons (Fsp3) is 0.417. The summed E-state index contributed by atoms with van der Waals surface area (Å²) in [6.45, 7) is 2.42. The quantitative estimate of drug-likeness (QED) is 0.819. The van der Waals surface area contributed by atoms with Gasteiger partial charge in [-0.1, -0.05) is 34.8 Å². The first kappa shape index (κ1) is 16.5. The number of carboxylic acids is 1. The van der Waals surface area contributed by atoms with Gasteiger partial charge in [0.05, 0.1) is 21.0 Å². The van der Waals surface area contributed by atoms with Crippen molar-refractivity contribution >= 4 is 40.8 Å². The summed E-state index contributed by atoms with van der Waals surface area (Å²) >= 11 is 17.1. The maximum Gasteiger partial charge on any atom is 0.309 e. The molecule has 1 rings (SSSR count). The van der Waals surface area contributed by atoms with Crippen molar-refractivity contribution in [3.8, 4) is 0 Å². The molecule has 0 aliphatic rings. The van der Waals surface area contributed by atoms with Gasteiger partial charge >= 0.3 is 5.97 Å². The Labute approximate surface area is 124 Å². The van der Waals surface area contributed by atoms with Crippen LogP contribution >= 0.6 is 34.8 Å². The van der Waals surface area contributed by atoms with Gasteiger partial charge in [0, 0.05) is 11.4 Å². The van der Waals surface area contributed by atoms with Crippen molar-refractivity contribution in [1.29, 1.82) is 0 Å². The molecule has 0 saturated carbocycles. The third-order valence-electron chi connectivity index (χ3n) is 2.62. The van der Waals surface area contributed by atoms with E-state index in [1.165, 1.54) is 13.8 Å². The predicted octanol–water partition coefficient (Wildman–Crippen LogP) is 5.24. The van der Waals surface area contributed by atoms with E-state index in [2.05, 4.69) is 0 Å². The molecule has 0 unspecified atom stereocenters. The second-order valence-electron chi connectivity index (χ2n) is 4.81. The van der Waals surface area contributed by atoms with Crippen LogP contribution in [-0.2, 0) is 10.7 Å². The van der Waals surface area contributed by atoms with Gasteiger partial charge in [-0.3, -0.25) is 4.79 Å². The summed E-state index contributed by atoms with van der Waals surface area (Å²) in [5.74, 6) is -4.80. The number of halogens is 5. The molecule has 1 aromatic carbocycles. The first-order valence-electron chi connectivity index (χ1n) is 5.23. The molecule has 0 amide bonds. The number of benzene rings is 1. The molecule has 1 N–H and O–H groups in total. The molecule has 0 aliphatic heterocycles. The zero-order valence-corrected chi connectivity index (χ0v) is 12.4. The Morgan fingerprint density at radius 2 is 1.63 bits per heavy atom. The van der Waals surface area contributed by atoms with E-state index in [1.807, 2.05) is 0 Å². The molecule has 0 spiro atoms. The van der Waals surface area contributed by atoms with E-state index in [4.69, 9.17) is 39.9 Å². The summed E-state index contributed by atoms with van der Waals surface area (Å²) in [4.78, 5) is 10.9. The summed E-state index contributed by atoms with van der Waals surface area (Å²) in [5.41, 5.74) is -2.22. The molecular formula is C12H11Cl3F2O2. The molecular weight excluding hydrogens is 320 g/mol. The van der Waals surface area contributed by atoms with E-state index >= 15 is 0 Å². The smallest absolute Gasteiger partial charge is 0.309 e. The van der Waals surface area contributed by atoms with Crippen LogP contribution in [0.3, 0.4) is 0 Å². The lowest BCUT2D eigenvalue weighted by Gasteiger charge is -2.27. The van der Waals surface area contributed by atoms with E-state index in [0.29, 0.717) is 0 Å². The van der Waals surface area contributed by atoms with Crippen LogP contribution in [0.2, 0.25) is 15.1 Å². The predicted molar refractivity (Wildman–Crippen MR) is 71.4 cm³/mol. The molecule has 0 atom stereocenters. The van der Waals surface area contributed by atoms with E-state index in [1.54, 1.807) is 0 Å². The maximum absolute atomic E-state index is 14.2. The highest BCUT2D eigenvalue weighted by atomic mass is 35.5. The molecule has 0 aromatic heterocycles. The van der Waals surface area contributed by atoms with Gasteiger partial charge in [0.1, 0.15) is 0 Å². The standard InChI is InChI=1S/C12H11Cl3F2O2/c1-11(2,10(18)19)5-12(16,17)9-7(14)3-6(13)4-8(9)15/h3-4H,5H2,1-2H3,(H,18,19). The van der Waals surface area contributed by atoms with Crippen molar-refractivity contribution in [2.75, 3.05) is 0 Å². The highest BCUT2D eigenvalue weighted by Crippen LogP contribution is 2.46. The average molecular weight is 332 g/mol. The lowest BCUT2D eigenvalue weighted by Crippen LogP contribution is -2.31. The summed E-state index contributed by atoms with van der Waals surface area (Å²) in [5, 5.41) is 8.47. The Morgan fingerprint density at radius 1 is 1.21 bits per heavy atom. The zero-order valence-electron chi connectivity index (χ0n) is 10.1. The van der Waals surface area contributed by atoms with Crippen molar-refractivity contribution in [2.45, 2.75) is 26.2 Å². The SMILES string of the molecule is CC(C)(CC(F)(F)c1c(Cl)cc(Cl)cc1Cl)C(=O)O. The summed E-state index contributed by atoms with van der Waals surface area (Å²) < 4.78 is 28.4. The molecule has 1 aromatic rings. The maximum atomic E-state index is 14.2. The van der Waals surface area contributed by atoms with Crippen molar-refractivity contribution in [1.82, 2.24) is 0 Å². The van der Waals surface area contributed by atoms with Crippen LogP contribution in [0.25, 0.3) is 0 Å². The fourth-order valence-corrected chi connectivity index (χ4v) is 2.70. The Morgan fingerprint density at radius 3 is 2.00 bits per heavy atom. The molecule has 0 fully saturated rings. The molecule has 2 nitrogen and oxygen atoms in total. The molecule has 0 bridgehead atoms. The lowest BCUT2D eigenvalue weighted by molar-refractivity contribution is -0.153. The number of alkyl halides is 2. The van der Waals surface area contributed by atoms with Crippen LogP contribution in [0.1, 0.15) is 25.8 Å².